The first kappa shape index (κ1) is 21.5. The van der Waals surface area contributed by atoms with Crippen molar-refractivity contribution in [1.29, 1.82) is 0 Å². The molecule has 0 radical (unpaired) electrons. The Bertz CT molecular complexity index is 1900. The Morgan fingerprint density at radius 1 is 1.08 bits per heavy atom. The quantitative estimate of drug-likeness (QED) is 0.370. The molecule has 3 aromatic heterocycles. The van der Waals surface area contributed by atoms with Gasteiger partial charge in [-0.25, -0.2) is 0 Å². The van der Waals surface area contributed by atoms with E-state index in [1.165, 1.54) is 6.33 Å². The van der Waals surface area contributed by atoms with Gasteiger partial charge in [-0.05, 0) is 75.9 Å². The first-order valence-corrected chi connectivity index (χ1v) is 12.6. The molecule has 2 N–H and O–H groups in total. The van der Waals surface area contributed by atoms with Crippen molar-refractivity contribution in [2.24, 2.45) is 10.9 Å². The lowest BCUT2D eigenvalue weighted by molar-refractivity contribution is 0.460. The summed E-state index contributed by atoms with van der Waals surface area (Å²) in [6.45, 7) is 0. The molecule has 10 nitrogen and oxygen atoms in total. The average Bonchev–Trinajstić information content (AvgIpc) is 3.35. The van der Waals surface area contributed by atoms with Crippen molar-refractivity contribution in [3.05, 3.63) is 87.7 Å². The number of nitrogen functional groups attached to an aromatic ring is 1. The van der Waals surface area contributed by atoms with Crippen LogP contribution in [-0.2, 0) is 0 Å². The summed E-state index contributed by atoms with van der Waals surface area (Å²) in [6.07, 6.45) is 5.14. The topological polar surface area (TPSA) is 130 Å². The summed E-state index contributed by atoms with van der Waals surface area (Å²) in [6, 6.07) is 15.1. The third kappa shape index (κ3) is 3.13. The summed E-state index contributed by atoms with van der Waals surface area (Å²) in [5, 5.41) is 16.7. The van der Waals surface area contributed by atoms with Gasteiger partial charge in [-0.15, -0.1) is 5.10 Å². The number of rotatable bonds is 4. The number of allylic oxidation sites excluding steroid dienone is 1. The Morgan fingerprint density at radius 2 is 2.00 bits per heavy atom. The summed E-state index contributed by atoms with van der Waals surface area (Å²) < 4.78 is 8.85. The van der Waals surface area contributed by atoms with Gasteiger partial charge >= 0.3 is 0 Å². The van der Waals surface area contributed by atoms with E-state index in [0.29, 0.717) is 34.7 Å². The SMILES string of the molecule is Nc1noc2cc(C3=CN=C([C@@H]4[C@H]5C[C@H]5c5cc(-c6cc(Cl)ccc6-n6cnnn6)cc(=O)n54)C3)ccc12. The molecule has 0 saturated heterocycles. The predicted octanol–water partition coefficient (Wildman–Crippen LogP) is 4.41. The Labute approximate surface area is 220 Å². The molecule has 1 fully saturated rings. The molecule has 11 heteroatoms. The van der Waals surface area contributed by atoms with Crippen LogP contribution in [0.15, 0.2) is 75.4 Å². The van der Waals surface area contributed by atoms with Gasteiger partial charge in [0.2, 0.25) is 0 Å². The summed E-state index contributed by atoms with van der Waals surface area (Å²) in [5.41, 5.74) is 13.0. The van der Waals surface area contributed by atoms with Gasteiger partial charge in [0.05, 0.1) is 17.1 Å². The minimum atomic E-state index is -0.0490. The molecule has 1 aliphatic carbocycles. The van der Waals surface area contributed by atoms with Crippen LogP contribution < -0.4 is 11.3 Å². The number of anilines is 1. The van der Waals surface area contributed by atoms with E-state index in [4.69, 9.17) is 26.9 Å². The monoisotopic (exact) mass is 522 g/mol. The molecule has 186 valence electrons. The number of fused-ring (bicyclic) bond motifs is 4. The van der Waals surface area contributed by atoms with E-state index < -0.39 is 0 Å². The number of aromatic nitrogens is 6. The Kier molecular flexibility index (Phi) is 4.37. The third-order valence-corrected chi connectivity index (χ3v) is 8.07. The number of pyridine rings is 1. The van der Waals surface area contributed by atoms with Crippen molar-refractivity contribution in [3.8, 4) is 16.8 Å². The number of nitrogens with zero attached hydrogens (tertiary/aromatic N) is 7. The Balaban J connectivity index is 1.14. The molecule has 8 rings (SSSR count). The molecular weight excluding hydrogens is 504 g/mol. The number of hydrogen-bond acceptors (Lipinski definition) is 8. The van der Waals surface area contributed by atoms with Crippen molar-refractivity contribution in [3.63, 3.8) is 0 Å². The molecule has 0 bridgehead atoms. The van der Waals surface area contributed by atoms with E-state index in [0.717, 1.165) is 51.2 Å². The summed E-state index contributed by atoms with van der Waals surface area (Å²) >= 11 is 6.35. The molecule has 3 aliphatic rings. The number of nitrogens with two attached hydrogens (primary N) is 1. The lowest BCUT2D eigenvalue weighted by Gasteiger charge is -2.20. The summed E-state index contributed by atoms with van der Waals surface area (Å²) in [5.74, 6) is 1.09. The van der Waals surface area contributed by atoms with E-state index in [1.807, 2.05) is 41.1 Å². The fourth-order valence-electron chi connectivity index (χ4n) is 6.00. The fraction of sp³-hybridized carbons (Fsp3) is 0.185. The van der Waals surface area contributed by atoms with Crippen LogP contribution in [0.4, 0.5) is 5.82 Å². The lowest BCUT2D eigenvalue weighted by atomic mass is 9.97. The van der Waals surface area contributed by atoms with Gasteiger partial charge in [0, 0.05) is 46.6 Å². The molecule has 5 aromatic rings. The van der Waals surface area contributed by atoms with Crippen molar-refractivity contribution in [2.75, 3.05) is 5.73 Å². The second-order valence-electron chi connectivity index (χ2n) is 9.97. The van der Waals surface area contributed by atoms with Gasteiger partial charge in [0.15, 0.2) is 11.4 Å². The van der Waals surface area contributed by atoms with Crippen molar-refractivity contribution >= 4 is 39.7 Å². The van der Waals surface area contributed by atoms with Gasteiger partial charge in [-0.1, -0.05) is 22.8 Å². The molecule has 0 spiro atoms. The van der Waals surface area contributed by atoms with Crippen LogP contribution in [0.2, 0.25) is 5.02 Å². The van der Waals surface area contributed by atoms with E-state index in [9.17, 15) is 4.79 Å². The maximum atomic E-state index is 13.6. The number of tetrazole rings is 1. The van der Waals surface area contributed by atoms with E-state index in [2.05, 4.69) is 26.7 Å². The van der Waals surface area contributed by atoms with Crippen LogP contribution in [-0.4, -0.2) is 35.6 Å². The fourth-order valence-corrected chi connectivity index (χ4v) is 6.18. The molecule has 0 unspecified atom stereocenters. The molecule has 1 saturated carbocycles. The second kappa shape index (κ2) is 7.72. The zero-order valence-corrected chi connectivity index (χ0v) is 20.6. The van der Waals surface area contributed by atoms with E-state index in [-0.39, 0.29) is 11.6 Å². The van der Waals surface area contributed by atoms with E-state index in [1.54, 1.807) is 16.8 Å². The summed E-state index contributed by atoms with van der Waals surface area (Å²) in [4.78, 5) is 18.4. The van der Waals surface area contributed by atoms with Crippen LogP contribution in [0, 0.1) is 5.92 Å². The largest absolute Gasteiger partial charge is 0.380 e. The summed E-state index contributed by atoms with van der Waals surface area (Å²) in [7, 11) is 0. The second-order valence-corrected chi connectivity index (χ2v) is 10.4. The molecule has 2 aromatic carbocycles. The third-order valence-electron chi connectivity index (χ3n) is 7.84. The van der Waals surface area contributed by atoms with Crippen LogP contribution in [0.25, 0.3) is 33.4 Å². The highest BCUT2D eigenvalue weighted by Crippen LogP contribution is 2.60. The van der Waals surface area contributed by atoms with E-state index >= 15 is 0 Å². The van der Waals surface area contributed by atoms with Gasteiger partial charge in [0.1, 0.15) is 6.33 Å². The highest BCUT2D eigenvalue weighted by molar-refractivity contribution is 6.31. The van der Waals surface area contributed by atoms with Crippen molar-refractivity contribution < 1.29 is 4.52 Å². The molecule has 5 heterocycles. The average molecular weight is 523 g/mol. The molecule has 3 atom stereocenters. The van der Waals surface area contributed by atoms with Crippen LogP contribution in [0.3, 0.4) is 0 Å². The van der Waals surface area contributed by atoms with Crippen LogP contribution >= 0.6 is 11.6 Å². The first-order chi connectivity index (χ1) is 18.5. The van der Waals surface area contributed by atoms with Gasteiger partial charge in [0.25, 0.3) is 5.56 Å². The van der Waals surface area contributed by atoms with Gasteiger partial charge < -0.3 is 14.8 Å². The minimum Gasteiger partial charge on any atom is -0.380 e. The standard InChI is InChI=1S/C27H19ClN8O2/c28-16-2-4-22(35-12-31-33-34-35)18(9-16)14-6-23-19-10-20(19)26(36(23)25(37)8-14)21-5-15(11-30-21)13-1-3-17-24(7-13)38-32-27(17)29/h1-4,6-9,11-12,19-20,26H,5,10H2,(H2,29,32)/t19-,20+,26+/m1/s1. The molecule has 0 amide bonds. The zero-order valence-electron chi connectivity index (χ0n) is 19.8. The number of benzene rings is 2. The van der Waals surface area contributed by atoms with Crippen molar-refractivity contribution in [2.45, 2.75) is 24.8 Å². The molecular formula is C27H19ClN8O2. The maximum absolute atomic E-state index is 13.6. The van der Waals surface area contributed by atoms with Crippen LogP contribution in [0.5, 0.6) is 0 Å². The smallest absolute Gasteiger partial charge is 0.251 e. The van der Waals surface area contributed by atoms with Crippen LogP contribution in [0.1, 0.15) is 36.1 Å². The van der Waals surface area contributed by atoms with Crippen molar-refractivity contribution in [1.82, 2.24) is 29.9 Å². The normalized spacial score (nSPS) is 21.3. The number of hydrogen-bond donors (Lipinski definition) is 1. The molecule has 38 heavy (non-hydrogen) atoms. The maximum Gasteiger partial charge on any atom is 0.251 e. The van der Waals surface area contributed by atoms with Gasteiger partial charge in [-0.3, -0.25) is 9.79 Å². The predicted molar refractivity (Wildman–Crippen MR) is 142 cm³/mol. The lowest BCUT2D eigenvalue weighted by Crippen LogP contribution is -2.29. The van der Waals surface area contributed by atoms with Gasteiger partial charge in [-0.2, -0.15) is 4.68 Å². The zero-order chi connectivity index (χ0) is 25.5. The highest BCUT2D eigenvalue weighted by atomic mass is 35.5. The first-order valence-electron chi connectivity index (χ1n) is 12.3. The Morgan fingerprint density at radius 3 is 2.87 bits per heavy atom. The molecule has 2 aliphatic heterocycles. The number of aliphatic imine (C=N–C) groups is 1. The minimum absolute atomic E-state index is 0.0479. The Hall–Kier alpha value is -4.57. The highest BCUT2D eigenvalue weighted by Gasteiger charge is 2.54. The number of halogens is 1.